The molecule has 1 aliphatic heterocycles. The number of aliphatic carboxylic acids is 1. The van der Waals surface area contributed by atoms with Crippen LogP contribution in [0.3, 0.4) is 0 Å². The summed E-state index contributed by atoms with van der Waals surface area (Å²) in [4.78, 5) is 39.3. The number of rotatable bonds is 14. The van der Waals surface area contributed by atoms with E-state index in [0.717, 1.165) is 12.8 Å². The number of hydrogen-bond donors (Lipinski definition) is 1. The summed E-state index contributed by atoms with van der Waals surface area (Å²) in [6.45, 7) is 4.82. The highest BCUT2D eigenvalue weighted by molar-refractivity contribution is 5.83. The third kappa shape index (κ3) is 7.29. The number of nitrogens with zero attached hydrogens (tertiary/aromatic N) is 1. The highest BCUT2D eigenvalue weighted by atomic mass is 16.6. The summed E-state index contributed by atoms with van der Waals surface area (Å²) in [5.74, 6) is -2.36. The zero-order chi connectivity index (χ0) is 26.1. The number of hydrogen-bond acceptors (Lipinski definition) is 5. The molecule has 7 heteroatoms. The van der Waals surface area contributed by atoms with Crippen molar-refractivity contribution in [2.75, 3.05) is 26.9 Å². The number of amides is 1. The molecule has 0 spiro atoms. The fourth-order valence-corrected chi connectivity index (χ4v) is 5.22. The summed E-state index contributed by atoms with van der Waals surface area (Å²) in [5, 5.41) is 11.9. The van der Waals surface area contributed by atoms with Crippen LogP contribution in [0.25, 0.3) is 10.8 Å². The lowest BCUT2D eigenvalue weighted by Gasteiger charge is -2.33. The number of ether oxygens (including phenoxy) is 2. The smallest absolute Gasteiger partial charge is 0.309 e. The first-order valence-corrected chi connectivity index (χ1v) is 13.0. The first-order chi connectivity index (χ1) is 17.3. The minimum absolute atomic E-state index is 0.103. The summed E-state index contributed by atoms with van der Waals surface area (Å²) in [7, 11) is 1.53. The zero-order valence-electron chi connectivity index (χ0n) is 21.7. The van der Waals surface area contributed by atoms with Gasteiger partial charge in [-0.15, -0.1) is 0 Å². The number of likely N-dealkylation sites (tertiary alicyclic amines) is 1. The molecule has 1 fully saturated rings. The molecular weight excluding hydrogens is 458 g/mol. The number of carbonyl (C=O) groups is 3. The van der Waals surface area contributed by atoms with Gasteiger partial charge in [-0.05, 0) is 54.4 Å². The van der Waals surface area contributed by atoms with Crippen LogP contribution < -0.4 is 0 Å². The van der Waals surface area contributed by atoms with Crippen molar-refractivity contribution in [2.24, 2.45) is 11.8 Å². The average Bonchev–Trinajstić information content (AvgIpc) is 3.31. The Kier molecular flexibility index (Phi) is 10.3. The largest absolute Gasteiger partial charge is 0.481 e. The normalized spacial score (nSPS) is 17.1. The molecule has 0 aromatic heterocycles. The second kappa shape index (κ2) is 13.4. The topological polar surface area (TPSA) is 93.1 Å². The molecule has 1 aliphatic rings. The van der Waals surface area contributed by atoms with Crippen molar-refractivity contribution in [3.8, 4) is 0 Å². The number of carbonyl (C=O) groups excluding carboxylic acids is 2. The van der Waals surface area contributed by atoms with E-state index in [1.165, 1.54) is 23.4 Å². The Morgan fingerprint density at radius 3 is 2.44 bits per heavy atom. The Hall–Kier alpha value is -2.93. The Morgan fingerprint density at radius 2 is 1.81 bits per heavy atom. The van der Waals surface area contributed by atoms with Crippen LogP contribution >= 0.6 is 0 Å². The van der Waals surface area contributed by atoms with Gasteiger partial charge in [-0.1, -0.05) is 56.3 Å². The Morgan fingerprint density at radius 1 is 1.06 bits per heavy atom. The number of esters is 1. The quantitative estimate of drug-likeness (QED) is 0.291. The molecule has 196 valence electrons. The van der Waals surface area contributed by atoms with E-state index in [0.29, 0.717) is 25.8 Å². The van der Waals surface area contributed by atoms with Crippen LogP contribution in [0, 0.1) is 11.8 Å². The van der Waals surface area contributed by atoms with Crippen LogP contribution in [0.5, 0.6) is 0 Å². The summed E-state index contributed by atoms with van der Waals surface area (Å²) in [6.07, 6.45) is 3.48. The number of methoxy groups -OCH3 is 1. The maximum absolute atomic E-state index is 13.0. The molecule has 4 unspecified atom stereocenters. The third-order valence-corrected chi connectivity index (χ3v) is 7.33. The molecule has 0 bridgehead atoms. The lowest BCUT2D eigenvalue weighted by molar-refractivity contribution is -0.153. The molecule has 2 aromatic rings. The summed E-state index contributed by atoms with van der Waals surface area (Å²) in [6, 6.07) is 14.6. The highest BCUT2D eigenvalue weighted by Gasteiger charge is 2.35. The van der Waals surface area contributed by atoms with Gasteiger partial charge >= 0.3 is 11.9 Å². The molecule has 0 saturated carbocycles. The van der Waals surface area contributed by atoms with Crippen molar-refractivity contribution in [1.82, 2.24) is 4.90 Å². The predicted molar refractivity (Wildman–Crippen MR) is 139 cm³/mol. The summed E-state index contributed by atoms with van der Waals surface area (Å²) >= 11 is 0. The molecule has 7 nitrogen and oxygen atoms in total. The zero-order valence-corrected chi connectivity index (χ0v) is 21.7. The summed E-state index contributed by atoms with van der Waals surface area (Å²) < 4.78 is 10.4. The second-order valence-corrected chi connectivity index (χ2v) is 9.86. The average molecular weight is 498 g/mol. The number of carboxylic acids is 1. The molecule has 3 rings (SSSR count). The standard InChI is InChI=1S/C29H39NO6/c1-4-21(24-12-11-22-8-5-6-9-23(22)17-24)18-26(30-13-7-10-27(30)31)19-25(16-20(2)28(32)33)29(34)36-15-14-35-3/h5-6,8-9,11-12,17,20-21,25-26H,4,7,10,13-16,18-19H2,1-3H3,(H,32,33). The van der Waals surface area contributed by atoms with E-state index in [-0.39, 0.29) is 37.5 Å². The Bertz CT molecular complexity index is 1040. The lowest BCUT2D eigenvalue weighted by Crippen LogP contribution is -2.40. The van der Waals surface area contributed by atoms with Gasteiger partial charge in [0.1, 0.15) is 6.61 Å². The van der Waals surface area contributed by atoms with Crippen LogP contribution in [0.2, 0.25) is 0 Å². The van der Waals surface area contributed by atoms with E-state index >= 15 is 0 Å². The van der Waals surface area contributed by atoms with Gasteiger partial charge < -0.3 is 19.5 Å². The SMILES string of the molecule is CCC(CC(CC(CC(C)C(=O)O)C(=O)OCCOC)N1CCCC1=O)c1ccc2ccccc2c1. The highest BCUT2D eigenvalue weighted by Crippen LogP contribution is 2.34. The maximum Gasteiger partial charge on any atom is 0.309 e. The molecule has 1 heterocycles. The third-order valence-electron chi connectivity index (χ3n) is 7.33. The molecule has 36 heavy (non-hydrogen) atoms. The minimum atomic E-state index is -0.943. The van der Waals surface area contributed by atoms with Gasteiger partial charge in [0.05, 0.1) is 18.4 Å². The van der Waals surface area contributed by atoms with E-state index in [4.69, 9.17) is 9.47 Å². The van der Waals surface area contributed by atoms with E-state index in [9.17, 15) is 19.5 Å². The molecule has 1 saturated heterocycles. The van der Waals surface area contributed by atoms with Crippen LogP contribution in [0.4, 0.5) is 0 Å². The first kappa shape index (κ1) is 27.7. The van der Waals surface area contributed by atoms with E-state index < -0.39 is 23.8 Å². The number of carboxylic acid groups (broad SMARTS) is 1. The van der Waals surface area contributed by atoms with Crippen LogP contribution in [-0.2, 0) is 23.9 Å². The van der Waals surface area contributed by atoms with Gasteiger partial charge in [-0.2, -0.15) is 0 Å². The molecule has 0 radical (unpaired) electrons. The number of benzene rings is 2. The van der Waals surface area contributed by atoms with E-state index in [1.54, 1.807) is 6.92 Å². The van der Waals surface area contributed by atoms with Crippen molar-refractivity contribution in [2.45, 2.75) is 64.3 Å². The summed E-state index contributed by atoms with van der Waals surface area (Å²) in [5.41, 5.74) is 1.21. The van der Waals surface area contributed by atoms with Gasteiger partial charge in [0, 0.05) is 26.1 Å². The van der Waals surface area contributed by atoms with Gasteiger partial charge in [0.15, 0.2) is 0 Å². The molecule has 4 atom stereocenters. The molecule has 1 N–H and O–H groups in total. The molecule has 0 aliphatic carbocycles. The van der Waals surface area contributed by atoms with Gasteiger partial charge in [0.25, 0.3) is 0 Å². The first-order valence-electron chi connectivity index (χ1n) is 13.0. The van der Waals surface area contributed by atoms with Crippen molar-refractivity contribution < 1.29 is 29.0 Å². The van der Waals surface area contributed by atoms with Crippen molar-refractivity contribution in [3.05, 3.63) is 48.0 Å². The molecule has 1 amide bonds. The number of fused-ring (bicyclic) bond motifs is 1. The van der Waals surface area contributed by atoms with Crippen LogP contribution in [0.15, 0.2) is 42.5 Å². The van der Waals surface area contributed by atoms with Crippen molar-refractivity contribution >= 4 is 28.6 Å². The maximum atomic E-state index is 13.0. The predicted octanol–water partition coefficient (Wildman–Crippen LogP) is 5.02. The fraction of sp³-hybridized carbons (Fsp3) is 0.552. The van der Waals surface area contributed by atoms with Gasteiger partial charge in [0.2, 0.25) is 5.91 Å². The van der Waals surface area contributed by atoms with Gasteiger partial charge in [-0.3, -0.25) is 14.4 Å². The van der Waals surface area contributed by atoms with E-state index in [2.05, 4.69) is 37.3 Å². The van der Waals surface area contributed by atoms with Crippen LogP contribution in [0.1, 0.15) is 63.9 Å². The monoisotopic (exact) mass is 497 g/mol. The van der Waals surface area contributed by atoms with E-state index in [1.807, 2.05) is 17.0 Å². The van der Waals surface area contributed by atoms with Crippen molar-refractivity contribution in [1.29, 1.82) is 0 Å². The van der Waals surface area contributed by atoms with Gasteiger partial charge in [-0.25, -0.2) is 0 Å². The fourth-order valence-electron chi connectivity index (χ4n) is 5.22. The minimum Gasteiger partial charge on any atom is -0.481 e. The second-order valence-electron chi connectivity index (χ2n) is 9.86. The molecule has 2 aromatic carbocycles. The van der Waals surface area contributed by atoms with Crippen LogP contribution in [-0.4, -0.2) is 60.8 Å². The lowest BCUT2D eigenvalue weighted by atomic mass is 9.83. The Labute approximate surface area is 213 Å². The van der Waals surface area contributed by atoms with Crippen molar-refractivity contribution in [3.63, 3.8) is 0 Å². The molecular formula is C29H39NO6. The Balaban J connectivity index is 1.86.